The van der Waals surface area contributed by atoms with Crippen molar-refractivity contribution in [2.75, 3.05) is 0 Å². The summed E-state index contributed by atoms with van der Waals surface area (Å²) in [6.07, 6.45) is 0. The van der Waals surface area contributed by atoms with Crippen LogP contribution in [0.5, 0.6) is 0 Å². The van der Waals surface area contributed by atoms with Crippen LogP contribution < -0.4 is 0 Å². The second kappa shape index (κ2) is 110. The SMILES string of the molecule is [CH3-].[CH3-].[CH3-].[CH3-].[CH3-].[CH3-].[Y].[Y].[Y]. The molecule has 0 fully saturated rings. The molecule has 0 rings (SSSR count). The van der Waals surface area contributed by atoms with Crippen LogP contribution in [0.25, 0.3) is 0 Å². The van der Waals surface area contributed by atoms with Crippen molar-refractivity contribution in [2.45, 2.75) is 0 Å². The average molecular weight is 357 g/mol. The average Bonchev–Trinajstić information content (AvgIpc) is 0. The largest absolute Gasteiger partial charge is 0.358 e. The number of rotatable bonds is 0. The van der Waals surface area contributed by atoms with Gasteiger partial charge in [-0.3, -0.25) is 0 Å². The second-order valence-corrected chi connectivity index (χ2v) is 0. The maximum absolute atomic E-state index is 0. The van der Waals surface area contributed by atoms with Crippen LogP contribution in [-0.2, 0) is 98.1 Å². The summed E-state index contributed by atoms with van der Waals surface area (Å²) in [6.45, 7) is 0. The smallest absolute Gasteiger partial charge is 0 e. The first-order valence-electron chi connectivity index (χ1n) is 0. The quantitative estimate of drug-likeness (QED) is 0.585. The zero-order valence-corrected chi connectivity index (χ0v) is 16.2. The van der Waals surface area contributed by atoms with E-state index < -0.39 is 0 Å². The molecule has 0 unspecified atom stereocenters. The summed E-state index contributed by atoms with van der Waals surface area (Å²) in [5, 5.41) is 0. The molecule has 0 aromatic rings. The van der Waals surface area contributed by atoms with Crippen molar-refractivity contribution in [3.8, 4) is 0 Å². The first-order chi connectivity index (χ1) is 0. The van der Waals surface area contributed by atoms with E-state index in [-0.39, 0.29) is 143 Å². The van der Waals surface area contributed by atoms with Crippen molar-refractivity contribution in [1.29, 1.82) is 0 Å². The van der Waals surface area contributed by atoms with Crippen LogP contribution in [0.15, 0.2) is 0 Å². The molecule has 0 aliphatic rings. The standard InChI is InChI=1S/6CH3.3Y/h6*1H3;;;/q6*-1;;;. The van der Waals surface area contributed by atoms with E-state index in [1.807, 2.05) is 0 Å². The molecule has 0 aliphatic heterocycles. The summed E-state index contributed by atoms with van der Waals surface area (Å²) in [5.74, 6) is 0. The maximum Gasteiger partial charge on any atom is 0 e. The van der Waals surface area contributed by atoms with Crippen LogP contribution in [0.1, 0.15) is 0 Å². The Morgan fingerprint density at radius 2 is 0.222 bits per heavy atom. The fraction of sp³-hybridized carbons (Fsp3) is 0. The molecule has 0 amide bonds. The summed E-state index contributed by atoms with van der Waals surface area (Å²) in [4.78, 5) is 0. The zero-order chi connectivity index (χ0) is 0. The Morgan fingerprint density at radius 1 is 0.222 bits per heavy atom. The van der Waals surface area contributed by atoms with Crippen molar-refractivity contribution < 1.29 is 98.1 Å². The summed E-state index contributed by atoms with van der Waals surface area (Å²) in [5.41, 5.74) is 0. The summed E-state index contributed by atoms with van der Waals surface area (Å²) >= 11 is 0. The van der Waals surface area contributed by atoms with E-state index in [0.717, 1.165) is 0 Å². The summed E-state index contributed by atoms with van der Waals surface area (Å²) in [7, 11) is 0. The maximum atomic E-state index is 0. The van der Waals surface area contributed by atoms with Crippen LogP contribution in [0.2, 0.25) is 0 Å². The fourth-order valence-electron chi connectivity index (χ4n) is 0. The molecule has 0 saturated carbocycles. The van der Waals surface area contributed by atoms with Crippen LogP contribution in [-0.4, -0.2) is 0 Å². The van der Waals surface area contributed by atoms with Crippen molar-refractivity contribution in [3.63, 3.8) is 0 Å². The number of hydrogen-bond donors (Lipinski definition) is 0. The van der Waals surface area contributed by atoms with Gasteiger partial charge in [0.05, 0.1) is 0 Å². The first-order valence-corrected chi connectivity index (χ1v) is 0. The van der Waals surface area contributed by atoms with Gasteiger partial charge < -0.3 is 44.6 Å². The molecular weight excluding hydrogens is 339 g/mol. The Hall–Kier alpha value is 3.31. The second-order valence-electron chi connectivity index (χ2n) is 0. The molecule has 0 N–H and O–H groups in total. The van der Waals surface area contributed by atoms with Crippen LogP contribution in [0, 0.1) is 44.6 Å². The van der Waals surface area contributed by atoms with Gasteiger partial charge in [0.1, 0.15) is 0 Å². The third kappa shape index (κ3) is 89.4. The van der Waals surface area contributed by atoms with E-state index >= 15 is 0 Å². The molecule has 0 heterocycles. The van der Waals surface area contributed by atoms with Gasteiger partial charge in [-0.15, -0.1) is 0 Å². The topological polar surface area (TPSA) is 0 Å². The molecule has 0 saturated heterocycles. The minimum Gasteiger partial charge on any atom is -0.358 e. The minimum absolute atomic E-state index is 0. The summed E-state index contributed by atoms with van der Waals surface area (Å²) in [6, 6.07) is 0. The van der Waals surface area contributed by atoms with E-state index in [9.17, 15) is 0 Å². The predicted molar refractivity (Wildman–Crippen MR) is 38.5 cm³/mol. The van der Waals surface area contributed by atoms with Gasteiger partial charge in [-0.25, -0.2) is 0 Å². The van der Waals surface area contributed by atoms with Crippen LogP contribution >= 0.6 is 0 Å². The Bertz CT molecular complexity index is 8.26. The van der Waals surface area contributed by atoms with E-state index in [0.29, 0.717) is 0 Å². The van der Waals surface area contributed by atoms with Gasteiger partial charge in [0.15, 0.2) is 0 Å². The van der Waals surface area contributed by atoms with E-state index in [4.69, 9.17) is 0 Å². The molecule has 0 nitrogen and oxygen atoms in total. The van der Waals surface area contributed by atoms with Gasteiger partial charge in [-0.2, -0.15) is 0 Å². The minimum atomic E-state index is 0. The van der Waals surface area contributed by atoms with Gasteiger partial charge in [0, 0.05) is 98.1 Å². The van der Waals surface area contributed by atoms with Crippen LogP contribution in [0.4, 0.5) is 0 Å². The van der Waals surface area contributed by atoms with Gasteiger partial charge in [-0.1, -0.05) is 0 Å². The van der Waals surface area contributed by atoms with Crippen molar-refractivity contribution in [2.24, 2.45) is 0 Å². The molecule has 0 aliphatic carbocycles. The molecule has 3 radical (unpaired) electrons. The molecule has 0 aromatic carbocycles. The van der Waals surface area contributed by atoms with Gasteiger partial charge in [0.25, 0.3) is 0 Å². The van der Waals surface area contributed by atoms with Gasteiger partial charge in [-0.05, 0) is 0 Å². The molecule has 9 heavy (non-hydrogen) atoms. The molecule has 0 bridgehead atoms. The van der Waals surface area contributed by atoms with Crippen LogP contribution in [0.3, 0.4) is 0 Å². The third-order valence-corrected chi connectivity index (χ3v) is 0. The van der Waals surface area contributed by atoms with E-state index in [1.54, 1.807) is 0 Å². The monoisotopic (exact) mass is 357 g/mol. The van der Waals surface area contributed by atoms with E-state index in [2.05, 4.69) is 0 Å². The Balaban J connectivity index is 0. The van der Waals surface area contributed by atoms with E-state index in [1.165, 1.54) is 0 Å². The summed E-state index contributed by atoms with van der Waals surface area (Å²) < 4.78 is 0. The molecule has 0 aromatic heterocycles. The fourth-order valence-corrected chi connectivity index (χ4v) is 0. The normalized spacial score (nSPS) is 0. The molecule has 57 valence electrons. The van der Waals surface area contributed by atoms with Crippen molar-refractivity contribution in [3.05, 3.63) is 44.6 Å². The van der Waals surface area contributed by atoms with Crippen molar-refractivity contribution in [1.82, 2.24) is 0 Å². The van der Waals surface area contributed by atoms with Gasteiger partial charge >= 0.3 is 0 Å². The number of hydrogen-bond acceptors (Lipinski definition) is 0. The third-order valence-electron chi connectivity index (χ3n) is 0. The Labute approximate surface area is 140 Å². The van der Waals surface area contributed by atoms with Crippen molar-refractivity contribution >= 4 is 0 Å². The first kappa shape index (κ1) is 144. The van der Waals surface area contributed by atoms with Gasteiger partial charge in [0.2, 0.25) is 0 Å². The zero-order valence-electron chi connectivity index (χ0n) is 7.73. The predicted octanol–water partition coefficient (Wildman–Crippen LogP) is 2.69. The molecule has 3 heteroatoms. The Morgan fingerprint density at radius 3 is 0.222 bits per heavy atom. The Kier molecular flexibility index (Phi) is 1750. The molecular formula is C6H18Y3-6. The molecule has 0 spiro atoms. The molecule has 0 atom stereocenters.